The number of carbonyl (C=O) groups is 3. The highest BCUT2D eigenvalue weighted by atomic mass is 16.4. The molecule has 0 radical (unpaired) electrons. The van der Waals surface area contributed by atoms with Crippen LogP contribution in [0.2, 0.25) is 0 Å². The van der Waals surface area contributed by atoms with Gasteiger partial charge in [0, 0.05) is 17.6 Å². The van der Waals surface area contributed by atoms with Crippen LogP contribution in [-0.2, 0) is 4.79 Å². The molecule has 1 fully saturated rings. The number of ketones is 3. The van der Waals surface area contributed by atoms with Crippen molar-refractivity contribution in [3.05, 3.63) is 52.6 Å². The number of hydrogen-bond donors (Lipinski definition) is 5. The number of aliphatic hydroxyl groups excluding tert-OH is 1. The molecule has 1 aromatic rings. The summed E-state index contributed by atoms with van der Waals surface area (Å²) in [6, 6.07) is 3.79. The zero-order valence-corrected chi connectivity index (χ0v) is 14.1. The number of benzene rings is 1. The van der Waals surface area contributed by atoms with E-state index in [0.717, 1.165) is 19.1 Å². The third-order valence-corrected chi connectivity index (χ3v) is 5.59. The lowest BCUT2D eigenvalue weighted by molar-refractivity contribution is -0.209. The van der Waals surface area contributed by atoms with E-state index in [1.807, 2.05) is 0 Å². The summed E-state index contributed by atoms with van der Waals surface area (Å²) in [5.41, 5.74) is -8.92. The Kier molecular flexibility index (Phi) is 3.28. The summed E-state index contributed by atoms with van der Waals surface area (Å²) >= 11 is 0. The molecule has 4 rings (SSSR count). The van der Waals surface area contributed by atoms with Crippen LogP contribution in [0.15, 0.2) is 41.5 Å². The molecule has 1 aromatic carbocycles. The van der Waals surface area contributed by atoms with Gasteiger partial charge in [-0.05, 0) is 19.1 Å². The molecule has 0 unspecified atom stereocenters. The Morgan fingerprint density at radius 2 is 1.74 bits per heavy atom. The second kappa shape index (κ2) is 4.99. The first kappa shape index (κ1) is 17.7. The fraction of sp³-hybridized carbons (Fsp3) is 0.316. The highest BCUT2D eigenvalue weighted by Gasteiger charge is 2.69. The zero-order valence-electron chi connectivity index (χ0n) is 14.1. The molecule has 0 bridgehead atoms. The fourth-order valence-corrected chi connectivity index (χ4v) is 4.20. The van der Waals surface area contributed by atoms with Gasteiger partial charge in [0.1, 0.15) is 17.5 Å². The Hall–Kier alpha value is -2.65. The van der Waals surface area contributed by atoms with Crippen molar-refractivity contribution in [2.45, 2.75) is 36.3 Å². The highest BCUT2D eigenvalue weighted by molar-refractivity contribution is 6.32. The second-order valence-electron chi connectivity index (χ2n) is 7.42. The highest BCUT2D eigenvalue weighted by Crippen LogP contribution is 2.51. The molecular formula is C19H16O8. The standard InChI is InChI=1S/C19H16O8/c1-17(25)7-18(26)6-5-9-12(19(18,27)16(24)15(17)23)14(22)8-3-2-4-10(20)11(8)13(9)21/h2-6,15,20,23,25-27H,7H2,1H3/t15-,17-,18-,19+/m1/s1. The SMILES string of the molecule is C[C@@]1(O)C[C@]2(O)C=CC3=C(C(=O)c4cccc(O)c4C3=O)[C@]2(O)C(=O)[C@H]1O. The third-order valence-electron chi connectivity index (χ3n) is 5.59. The summed E-state index contributed by atoms with van der Waals surface area (Å²) < 4.78 is 0. The van der Waals surface area contributed by atoms with Crippen molar-refractivity contribution in [2.24, 2.45) is 0 Å². The lowest BCUT2D eigenvalue weighted by atomic mass is 9.56. The van der Waals surface area contributed by atoms with Crippen molar-refractivity contribution < 1.29 is 39.9 Å². The number of phenols is 1. The molecule has 1 saturated carbocycles. The second-order valence-corrected chi connectivity index (χ2v) is 7.42. The fourth-order valence-electron chi connectivity index (χ4n) is 4.20. The van der Waals surface area contributed by atoms with Crippen LogP contribution in [0.25, 0.3) is 0 Å². The lowest BCUT2D eigenvalue weighted by Crippen LogP contribution is -2.74. The maximum absolute atomic E-state index is 13.0. The van der Waals surface area contributed by atoms with Crippen molar-refractivity contribution in [1.82, 2.24) is 0 Å². The molecule has 0 amide bonds. The molecule has 3 aliphatic carbocycles. The number of carbonyl (C=O) groups excluding carboxylic acids is 3. The maximum atomic E-state index is 13.0. The Balaban J connectivity index is 2.01. The quantitative estimate of drug-likeness (QED) is 0.396. The van der Waals surface area contributed by atoms with Crippen LogP contribution >= 0.6 is 0 Å². The van der Waals surface area contributed by atoms with Gasteiger partial charge in [-0.15, -0.1) is 0 Å². The topological polar surface area (TPSA) is 152 Å². The van der Waals surface area contributed by atoms with E-state index < -0.39 is 58.0 Å². The van der Waals surface area contributed by atoms with Crippen molar-refractivity contribution in [2.75, 3.05) is 0 Å². The first-order valence-electron chi connectivity index (χ1n) is 8.20. The average Bonchev–Trinajstić information content (AvgIpc) is 2.59. The van der Waals surface area contributed by atoms with Gasteiger partial charge in [0.15, 0.2) is 17.2 Å². The molecule has 0 heterocycles. The van der Waals surface area contributed by atoms with Gasteiger partial charge < -0.3 is 25.5 Å². The number of phenolic OH excluding ortho intramolecular Hbond substituents is 1. The Morgan fingerprint density at radius 3 is 2.41 bits per heavy atom. The summed E-state index contributed by atoms with van der Waals surface area (Å²) in [7, 11) is 0. The van der Waals surface area contributed by atoms with E-state index in [4.69, 9.17) is 0 Å². The van der Waals surface area contributed by atoms with Crippen molar-refractivity contribution in [1.29, 1.82) is 0 Å². The minimum Gasteiger partial charge on any atom is -0.507 e. The summed E-state index contributed by atoms with van der Waals surface area (Å²) in [5, 5.41) is 52.5. The predicted molar refractivity (Wildman–Crippen MR) is 89.1 cm³/mol. The summed E-state index contributed by atoms with van der Waals surface area (Å²) in [5.74, 6) is -3.55. The molecular weight excluding hydrogens is 356 g/mol. The summed E-state index contributed by atoms with van der Waals surface area (Å²) in [4.78, 5) is 38.6. The van der Waals surface area contributed by atoms with Gasteiger partial charge in [0.05, 0.1) is 16.7 Å². The van der Waals surface area contributed by atoms with Gasteiger partial charge in [-0.25, -0.2) is 0 Å². The van der Waals surface area contributed by atoms with E-state index in [9.17, 15) is 39.9 Å². The van der Waals surface area contributed by atoms with Gasteiger partial charge in [-0.1, -0.05) is 18.2 Å². The van der Waals surface area contributed by atoms with Crippen LogP contribution in [-0.4, -0.2) is 65.8 Å². The van der Waals surface area contributed by atoms with E-state index in [-0.39, 0.29) is 16.7 Å². The minimum atomic E-state index is -2.92. The first-order chi connectivity index (χ1) is 12.5. The van der Waals surface area contributed by atoms with Crippen molar-refractivity contribution in [3.63, 3.8) is 0 Å². The van der Waals surface area contributed by atoms with Gasteiger partial charge in [0.25, 0.3) is 0 Å². The molecule has 4 atom stereocenters. The van der Waals surface area contributed by atoms with Gasteiger partial charge in [-0.3, -0.25) is 14.4 Å². The third kappa shape index (κ3) is 1.93. The van der Waals surface area contributed by atoms with Crippen LogP contribution in [0.5, 0.6) is 5.75 Å². The van der Waals surface area contributed by atoms with Crippen LogP contribution in [0.4, 0.5) is 0 Å². The number of rotatable bonds is 0. The largest absolute Gasteiger partial charge is 0.507 e. The number of allylic oxidation sites excluding steroid dienone is 2. The number of hydrogen-bond acceptors (Lipinski definition) is 8. The Labute approximate surface area is 152 Å². The summed E-state index contributed by atoms with van der Waals surface area (Å²) in [6.07, 6.45) is -0.692. The lowest BCUT2D eigenvalue weighted by Gasteiger charge is -2.53. The Bertz CT molecular complexity index is 1000. The van der Waals surface area contributed by atoms with E-state index in [1.54, 1.807) is 0 Å². The van der Waals surface area contributed by atoms with Crippen LogP contribution in [0, 0.1) is 0 Å². The van der Waals surface area contributed by atoms with Gasteiger partial charge >= 0.3 is 0 Å². The maximum Gasteiger partial charge on any atom is 0.203 e. The number of Topliss-reactive ketones (excluding diaryl/α,β-unsaturated/α-hetero) is 3. The van der Waals surface area contributed by atoms with Gasteiger partial charge in [0.2, 0.25) is 5.78 Å². The summed E-state index contributed by atoms with van der Waals surface area (Å²) in [6.45, 7) is 1.12. The van der Waals surface area contributed by atoms with Crippen LogP contribution in [0.3, 0.4) is 0 Å². The molecule has 0 aromatic heterocycles. The molecule has 8 nitrogen and oxygen atoms in total. The number of aromatic hydroxyl groups is 1. The van der Waals surface area contributed by atoms with Gasteiger partial charge in [-0.2, -0.15) is 0 Å². The smallest absolute Gasteiger partial charge is 0.203 e. The monoisotopic (exact) mass is 372 g/mol. The van der Waals surface area contributed by atoms with E-state index in [1.165, 1.54) is 18.2 Å². The molecule has 0 aliphatic heterocycles. The van der Waals surface area contributed by atoms with Crippen LogP contribution < -0.4 is 0 Å². The zero-order chi connectivity index (χ0) is 19.9. The number of fused-ring (bicyclic) bond motifs is 3. The van der Waals surface area contributed by atoms with E-state index in [2.05, 4.69) is 0 Å². The predicted octanol–water partition coefficient (Wildman–Crippen LogP) is -0.815. The van der Waals surface area contributed by atoms with Crippen molar-refractivity contribution >= 4 is 17.3 Å². The average molecular weight is 372 g/mol. The minimum absolute atomic E-state index is 0.232. The Morgan fingerprint density at radius 1 is 1.07 bits per heavy atom. The molecule has 8 heteroatoms. The van der Waals surface area contributed by atoms with E-state index >= 15 is 0 Å². The molecule has 0 spiro atoms. The molecule has 5 N–H and O–H groups in total. The van der Waals surface area contributed by atoms with Crippen LogP contribution in [0.1, 0.15) is 34.1 Å². The normalized spacial score (nSPS) is 37.8. The molecule has 0 saturated heterocycles. The first-order valence-corrected chi connectivity index (χ1v) is 8.20. The molecule has 27 heavy (non-hydrogen) atoms. The molecule has 140 valence electrons. The van der Waals surface area contributed by atoms with Crippen molar-refractivity contribution in [3.8, 4) is 5.75 Å². The van der Waals surface area contributed by atoms with E-state index in [0.29, 0.717) is 0 Å². The number of aliphatic hydroxyl groups is 4. The molecule has 3 aliphatic rings.